The van der Waals surface area contributed by atoms with Crippen molar-refractivity contribution in [2.45, 2.75) is 110 Å². The van der Waals surface area contributed by atoms with E-state index in [0.717, 1.165) is 17.8 Å². The molecular formula is C20H40O2Si. The van der Waals surface area contributed by atoms with Gasteiger partial charge in [-0.1, -0.05) is 64.2 Å². The largest absolute Gasteiger partial charge is 0.394 e. The summed E-state index contributed by atoms with van der Waals surface area (Å²) in [7, 11) is -1.55. The van der Waals surface area contributed by atoms with Crippen LogP contribution < -0.4 is 0 Å². The fourth-order valence-electron chi connectivity index (χ4n) is 4.87. The van der Waals surface area contributed by atoms with Crippen molar-refractivity contribution in [1.82, 2.24) is 0 Å². The molecule has 136 valence electrons. The average Bonchev–Trinajstić information content (AvgIpc) is 2.53. The fourth-order valence-corrected chi connectivity index (χ4v) is 7.58. The molecule has 0 aliphatic heterocycles. The SMILES string of the molecule is CC(C)O[SiH](CC(C1CCCCC1)C1CCCCC1)OC(C)C. The number of rotatable bonds is 8. The van der Waals surface area contributed by atoms with E-state index < -0.39 is 9.28 Å². The van der Waals surface area contributed by atoms with Gasteiger partial charge in [0.25, 0.3) is 0 Å². The van der Waals surface area contributed by atoms with Crippen LogP contribution in [0, 0.1) is 17.8 Å². The van der Waals surface area contributed by atoms with E-state index in [9.17, 15) is 0 Å². The highest BCUT2D eigenvalue weighted by Gasteiger charge is 2.35. The zero-order valence-corrected chi connectivity index (χ0v) is 17.2. The van der Waals surface area contributed by atoms with Gasteiger partial charge in [0.05, 0.1) is 0 Å². The predicted octanol–water partition coefficient (Wildman–Crippen LogP) is 5.83. The first-order valence-corrected chi connectivity index (χ1v) is 12.1. The van der Waals surface area contributed by atoms with Crippen molar-refractivity contribution < 1.29 is 8.85 Å². The summed E-state index contributed by atoms with van der Waals surface area (Å²) in [5, 5.41) is 0. The van der Waals surface area contributed by atoms with E-state index >= 15 is 0 Å². The Balaban J connectivity index is 2.03. The van der Waals surface area contributed by atoms with Crippen molar-refractivity contribution in [3.63, 3.8) is 0 Å². The minimum Gasteiger partial charge on any atom is -0.394 e. The normalized spacial score (nSPS) is 21.9. The van der Waals surface area contributed by atoms with E-state index in [-0.39, 0.29) is 0 Å². The summed E-state index contributed by atoms with van der Waals surface area (Å²) in [6.45, 7) is 8.67. The maximum atomic E-state index is 6.29. The summed E-state index contributed by atoms with van der Waals surface area (Å²) in [4.78, 5) is 0. The minimum atomic E-state index is -1.55. The first kappa shape index (κ1) is 19.5. The third kappa shape index (κ3) is 6.87. The Morgan fingerprint density at radius 1 is 0.696 bits per heavy atom. The Hall–Kier alpha value is 0.137. The lowest BCUT2D eigenvalue weighted by Gasteiger charge is -2.39. The molecule has 2 aliphatic carbocycles. The van der Waals surface area contributed by atoms with Gasteiger partial charge >= 0.3 is 9.28 Å². The highest BCUT2D eigenvalue weighted by atomic mass is 28.3. The van der Waals surface area contributed by atoms with Gasteiger partial charge in [0.15, 0.2) is 0 Å². The molecule has 0 heterocycles. The van der Waals surface area contributed by atoms with Crippen molar-refractivity contribution in [1.29, 1.82) is 0 Å². The Labute approximate surface area is 146 Å². The zero-order valence-electron chi connectivity index (χ0n) is 16.1. The number of hydrogen-bond donors (Lipinski definition) is 0. The molecule has 2 aliphatic rings. The second kappa shape index (κ2) is 10.2. The molecule has 2 nitrogen and oxygen atoms in total. The quantitative estimate of drug-likeness (QED) is 0.517. The summed E-state index contributed by atoms with van der Waals surface area (Å²) >= 11 is 0. The molecule has 3 heteroatoms. The third-order valence-electron chi connectivity index (χ3n) is 5.82. The first-order chi connectivity index (χ1) is 11.1. The Bertz CT molecular complexity index is 279. The van der Waals surface area contributed by atoms with Crippen LogP contribution in [0.5, 0.6) is 0 Å². The van der Waals surface area contributed by atoms with Crippen LogP contribution in [-0.2, 0) is 8.85 Å². The van der Waals surface area contributed by atoms with Crippen LogP contribution in [0.3, 0.4) is 0 Å². The summed E-state index contributed by atoms with van der Waals surface area (Å²) in [5.74, 6) is 2.78. The van der Waals surface area contributed by atoms with Gasteiger partial charge in [-0.25, -0.2) is 0 Å². The summed E-state index contributed by atoms with van der Waals surface area (Å²) in [6, 6.07) is 1.26. The van der Waals surface area contributed by atoms with E-state index in [1.54, 1.807) is 0 Å². The van der Waals surface area contributed by atoms with Crippen molar-refractivity contribution in [2.24, 2.45) is 17.8 Å². The molecule has 0 spiro atoms. The van der Waals surface area contributed by atoms with Crippen LogP contribution in [0.2, 0.25) is 6.04 Å². The van der Waals surface area contributed by atoms with Crippen molar-refractivity contribution >= 4 is 9.28 Å². The van der Waals surface area contributed by atoms with Gasteiger partial charge in [-0.05, 0) is 51.5 Å². The van der Waals surface area contributed by atoms with Crippen LogP contribution in [-0.4, -0.2) is 21.5 Å². The standard InChI is InChI=1S/C20H40O2Si/c1-16(2)21-23(22-17(3)4)15-20(18-11-7-5-8-12-18)19-13-9-6-10-14-19/h16-20,23H,5-15H2,1-4H3. The van der Waals surface area contributed by atoms with Crippen molar-refractivity contribution in [3.05, 3.63) is 0 Å². The van der Waals surface area contributed by atoms with E-state index in [0.29, 0.717) is 12.2 Å². The lowest BCUT2D eigenvalue weighted by atomic mass is 9.70. The Kier molecular flexibility index (Phi) is 8.63. The van der Waals surface area contributed by atoms with Gasteiger partial charge in [-0.15, -0.1) is 0 Å². The maximum absolute atomic E-state index is 6.29. The zero-order chi connectivity index (χ0) is 16.7. The van der Waals surface area contributed by atoms with Crippen molar-refractivity contribution in [3.8, 4) is 0 Å². The van der Waals surface area contributed by atoms with Gasteiger partial charge < -0.3 is 8.85 Å². The molecule has 0 amide bonds. The molecule has 0 N–H and O–H groups in total. The van der Waals surface area contributed by atoms with E-state index in [2.05, 4.69) is 27.7 Å². The Morgan fingerprint density at radius 2 is 1.09 bits per heavy atom. The molecule has 2 rings (SSSR count). The number of hydrogen-bond acceptors (Lipinski definition) is 2. The molecule has 2 fully saturated rings. The molecule has 0 unspecified atom stereocenters. The second-order valence-corrected chi connectivity index (χ2v) is 10.4. The van der Waals surface area contributed by atoms with E-state index in [1.165, 1.54) is 70.3 Å². The average molecular weight is 341 g/mol. The third-order valence-corrected chi connectivity index (χ3v) is 8.45. The molecule has 23 heavy (non-hydrogen) atoms. The van der Waals surface area contributed by atoms with Gasteiger partial charge in [-0.3, -0.25) is 0 Å². The monoisotopic (exact) mass is 340 g/mol. The van der Waals surface area contributed by atoms with E-state index in [1.807, 2.05) is 0 Å². The Morgan fingerprint density at radius 3 is 1.43 bits per heavy atom. The van der Waals surface area contributed by atoms with Crippen LogP contribution in [0.1, 0.15) is 91.9 Å². The molecule has 2 saturated carbocycles. The highest BCUT2D eigenvalue weighted by Crippen LogP contribution is 2.42. The molecule has 0 aromatic carbocycles. The summed E-state index contributed by atoms with van der Waals surface area (Å²) < 4.78 is 12.6. The van der Waals surface area contributed by atoms with Gasteiger partial charge in [0, 0.05) is 12.2 Å². The van der Waals surface area contributed by atoms with Crippen LogP contribution in [0.4, 0.5) is 0 Å². The molecule has 0 saturated heterocycles. The second-order valence-electron chi connectivity index (χ2n) is 8.49. The van der Waals surface area contributed by atoms with Crippen LogP contribution in [0.25, 0.3) is 0 Å². The van der Waals surface area contributed by atoms with Crippen LogP contribution >= 0.6 is 0 Å². The van der Waals surface area contributed by atoms with Gasteiger partial charge in [0.1, 0.15) is 0 Å². The van der Waals surface area contributed by atoms with Crippen LogP contribution in [0.15, 0.2) is 0 Å². The minimum absolute atomic E-state index is 0.309. The molecular weight excluding hydrogens is 300 g/mol. The highest BCUT2D eigenvalue weighted by molar-refractivity contribution is 6.44. The van der Waals surface area contributed by atoms with Crippen molar-refractivity contribution in [2.75, 3.05) is 0 Å². The summed E-state index contributed by atoms with van der Waals surface area (Å²) in [5.41, 5.74) is 0. The summed E-state index contributed by atoms with van der Waals surface area (Å²) in [6.07, 6.45) is 15.2. The molecule has 0 aromatic rings. The maximum Gasteiger partial charge on any atom is 0.322 e. The lowest BCUT2D eigenvalue weighted by Crippen LogP contribution is -2.36. The van der Waals surface area contributed by atoms with E-state index in [4.69, 9.17) is 8.85 Å². The van der Waals surface area contributed by atoms with Gasteiger partial charge in [0.2, 0.25) is 0 Å². The fraction of sp³-hybridized carbons (Fsp3) is 1.00. The molecule has 0 atom stereocenters. The van der Waals surface area contributed by atoms with Gasteiger partial charge in [-0.2, -0.15) is 0 Å². The topological polar surface area (TPSA) is 18.5 Å². The molecule has 0 aromatic heterocycles. The smallest absolute Gasteiger partial charge is 0.322 e. The molecule has 0 radical (unpaired) electrons. The first-order valence-electron chi connectivity index (χ1n) is 10.4. The molecule has 0 bridgehead atoms. The lowest BCUT2D eigenvalue weighted by molar-refractivity contribution is 0.105. The predicted molar refractivity (Wildman–Crippen MR) is 101 cm³/mol.